The van der Waals surface area contributed by atoms with Crippen molar-refractivity contribution in [2.75, 3.05) is 12.4 Å². The zero-order valence-corrected chi connectivity index (χ0v) is 13.8. The number of carbonyl (C=O) groups is 2. The van der Waals surface area contributed by atoms with Crippen LogP contribution in [0.2, 0.25) is 0 Å². The molecule has 0 bridgehead atoms. The monoisotopic (exact) mass is 368 g/mol. The molecular weight excluding hydrogens is 352 g/mol. The maximum atomic E-state index is 13.5. The molecule has 0 saturated heterocycles. The van der Waals surface area contributed by atoms with Gasteiger partial charge < -0.3 is 10.6 Å². The van der Waals surface area contributed by atoms with Crippen molar-refractivity contribution in [3.8, 4) is 0 Å². The van der Waals surface area contributed by atoms with Gasteiger partial charge in [-0.1, -0.05) is 18.2 Å². The third kappa shape index (κ3) is 5.05. The van der Waals surface area contributed by atoms with E-state index in [-0.39, 0.29) is 24.1 Å². The van der Waals surface area contributed by atoms with Crippen LogP contribution >= 0.6 is 0 Å². The van der Waals surface area contributed by atoms with Gasteiger partial charge in [0.2, 0.25) is 5.91 Å². The summed E-state index contributed by atoms with van der Waals surface area (Å²) in [7, 11) is 1.29. The van der Waals surface area contributed by atoms with E-state index >= 15 is 0 Å². The molecule has 0 aliphatic carbocycles. The predicted molar refractivity (Wildman–Crippen MR) is 88.2 cm³/mol. The fourth-order valence-corrected chi connectivity index (χ4v) is 2.31. The molecule has 0 heterocycles. The van der Waals surface area contributed by atoms with Gasteiger partial charge in [0.1, 0.15) is 5.82 Å². The van der Waals surface area contributed by atoms with Gasteiger partial charge in [0, 0.05) is 24.7 Å². The van der Waals surface area contributed by atoms with Crippen LogP contribution in [0.15, 0.2) is 42.5 Å². The predicted octanol–water partition coefficient (Wildman–Crippen LogP) is 3.78. The number of hydrogen-bond acceptors (Lipinski definition) is 2. The second-order valence-corrected chi connectivity index (χ2v) is 5.52. The first kappa shape index (κ1) is 19.4. The van der Waals surface area contributed by atoms with Crippen molar-refractivity contribution in [2.45, 2.75) is 19.0 Å². The number of benzene rings is 2. The highest BCUT2D eigenvalue weighted by Gasteiger charge is 2.32. The van der Waals surface area contributed by atoms with Crippen LogP contribution in [-0.4, -0.2) is 18.9 Å². The van der Waals surface area contributed by atoms with Gasteiger partial charge in [-0.3, -0.25) is 9.59 Å². The lowest BCUT2D eigenvalue weighted by Gasteiger charge is -2.13. The van der Waals surface area contributed by atoms with Crippen LogP contribution in [0.25, 0.3) is 0 Å². The minimum atomic E-state index is -4.67. The van der Waals surface area contributed by atoms with E-state index in [4.69, 9.17) is 0 Å². The van der Waals surface area contributed by atoms with Crippen molar-refractivity contribution in [3.05, 3.63) is 65.0 Å². The van der Waals surface area contributed by atoms with Crippen LogP contribution < -0.4 is 10.6 Å². The average Bonchev–Trinajstić information content (AvgIpc) is 2.59. The standard InChI is InChI=1S/C18H16F4N2O2/c1-23-17(26)12-8-13(18(20,21)22)10-14(9-12)24-16(25)7-6-11-4-2-3-5-15(11)19/h2-5,8-10H,6-7H2,1H3,(H,23,26)(H,24,25). The third-order valence-electron chi connectivity index (χ3n) is 3.61. The summed E-state index contributed by atoms with van der Waals surface area (Å²) in [5.41, 5.74) is -1.11. The minimum Gasteiger partial charge on any atom is -0.355 e. The largest absolute Gasteiger partial charge is 0.416 e. The second-order valence-electron chi connectivity index (χ2n) is 5.52. The molecule has 138 valence electrons. The van der Waals surface area contributed by atoms with Crippen molar-refractivity contribution >= 4 is 17.5 Å². The van der Waals surface area contributed by atoms with Crippen molar-refractivity contribution < 1.29 is 27.2 Å². The summed E-state index contributed by atoms with van der Waals surface area (Å²) in [4.78, 5) is 23.6. The second kappa shape index (κ2) is 7.99. The maximum absolute atomic E-state index is 13.5. The van der Waals surface area contributed by atoms with E-state index in [1.807, 2.05) is 0 Å². The molecule has 0 atom stereocenters. The van der Waals surface area contributed by atoms with Crippen LogP contribution in [0, 0.1) is 5.82 Å². The zero-order valence-electron chi connectivity index (χ0n) is 13.8. The Morgan fingerprint density at radius 1 is 1.08 bits per heavy atom. The number of anilines is 1. The number of rotatable bonds is 5. The molecule has 0 unspecified atom stereocenters. The molecule has 2 rings (SSSR count). The van der Waals surface area contributed by atoms with Gasteiger partial charge in [0.15, 0.2) is 0 Å². The Morgan fingerprint density at radius 3 is 2.38 bits per heavy atom. The number of carbonyl (C=O) groups excluding carboxylic acids is 2. The molecule has 0 radical (unpaired) electrons. The lowest BCUT2D eigenvalue weighted by atomic mass is 10.1. The number of hydrogen-bond donors (Lipinski definition) is 2. The van der Waals surface area contributed by atoms with Gasteiger partial charge in [-0.25, -0.2) is 4.39 Å². The first-order chi connectivity index (χ1) is 12.2. The highest BCUT2D eigenvalue weighted by molar-refractivity contribution is 5.97. The fraction of sp³-hybridized carbons (Fsp3) is 0.222. The fourth-order valence-electron chi connectivity index (χ4n) is 2.31. The Balaban J connectivity index is 2.15. The van der Waals surface area contributed by atoms with E-state index < -0.39 is 29.4 Å². The molecule has 26 heavy (non-hydrogen) atoms. The molecule has 2 aromatic rings. The summed E-state index contributed by atoms with van der Waals surface area (Å²) in [6.07, 6.45) is -4.69. The number of aryl methyl sites for hydroxylation is 1. The van der Waals surface area contributed by atoms with Gasteiger partial charge in [0.25, 0.3) is 5.91 Å². The zero-order chi connectivity index (χ0) is 19.3. The third-order valence-corrected chi connectivity index (χ3v) is 3.61. The first-order valence-corrected chi connectivity index (χ1v) is 7.68. The summed E-state index contributed by atoms with van der Waals surface area (Å²) in [6.45, 7) is 0. The van der Waals surface area contributed by atoms with Crippen LogP contribution in [0.1, 0.15) is 27.9 Å². The molecule has 2 aromatic carbocycles. The lowest BCUT2D eigenvalue weighted by molar-refractivity contribution is -0.137. The Morgan fingerprint density at radius 2 is 1.77 bits per heavy atom. The number of alkyl halides is 3. The summed E-state index contributed by atoms with van der Waals surface area (Å²) < 4.78 is 52.5. The van der Waals surface area contributed by atoms with Crippen LogP contribution in [0.5, 0.6) is 0 Å². The van der Waals surface area contributed by atoms with E-state index in [9.17, 15) is 27.2 Å². The first-order valence-electron chi connectivity index (χ1n) is 7.68. The van der Waals surface area contributed by atoms with Crippen molar-refractivity contribution in [3.63, 3.8) is 0 Å². The number of nitrogens with one attached hydrogen (secondary N) is 2. The molecule has 0 aliphatic heterocycles. The maximum Gasteiger partial charge on any atom is 0.416 e. The molecule has 4 nitrogen and oxygen atoms in total. The van der Waals surface area contributed by atoms with Crippen LogP contribution in [-0.2, 0) is 17.4 Å². The van der Waals surface area contributed by atoms with Gasteiger partial charge in [-0.15, -0.1) is 0 Å². The van der Waals surface area contributed by atoms with Crippen molar-refractivity contribution in [1.29, 1.82) is 0 Å². The molecule has 0 fully saturated rings. The number of halogens is 4. The number of amides is 2. The molecule has 2 N–H and O–H groups in total. The quantitative estimate of drug-likeness (QED) is 0.790. The molecule has 0 aliphatic rings. The molecule has 2 amide bonds. The highest BCUT2D eigenvalue weighted by atomic mass is 19.4. The molecule has 8 heteroatoms. The molecular formula is C18H16F4N2O2. The van der Waals surface area contributed by atoms with Crippen LogP contribution in [0.3, 0.4) is 0 Å². The topological polar surface area (TPSA) is 58.2 Å². The summed E-state index contributed by atoms with van der Waals surface area (Å²) in [6, 6.07) is 8.52. The Hall–Kier alpha value is -2.90. The highest BCUT2D eigenvalue weighted by Crippen LogP contribution is 2.32. The van der Waals surface area contributed by atoms with E-state index in [1.165, 1.54) is 25.2 Å². The molecule has 0 saturated carbocycles. The lowest BCUT2D eigenvalue weighted by Crippen LogP contribution is -2.20. The van der Waals surface area contributed by atoms with Crippen LogP contribution in [0.4, 0.5) is 23.2 Å². The van der Waals surface area contributed by atoms with Crippen molar-refractivity contribution in [2.24, 2.45) is 0 Å². The summed E-state index contributed by atoms with van der Waals surface area (Å²) in [5.74, 6) is -1.75. The SMILES string of the molecule is CNC(=O)c1cc(NC(=O)CCc2ccccc2F)cc(C(F)(F)F)c1. The average molecular weight is 368 g/mol. The summed E-state index contributed by atoms with van der Waals surface area (Å²) >= 11 is 0. The van der Waals surface area contributed by atoms with Gasteiger partial charge in [-0.05, 0) is 36.2 Å². The Bertz CT molecular complexity index is 819. The Labute approximate surface area is 147 Å². The Kier molecular flexibility index (Phi) is 5.97. The van der Waals surface area contributed by atoms with E-state index in [0.29, 0.717) is 11.6 Å². The normalized spacial score (nSPS) is 11.1. The summed E-state index contributed by atoms with van der Waals surface area (Å²) in [5, 5.41) is 4.55. The molecule has 0 aromatic heterocycles. The van der Waals surface area contributed by atoms with E-state index in [0.717, 1.165) is 12.1 Å². The van der Waals surface area contributed by atoms with Gasteiger partial charge in [0.05, 0.1) is 5.56 Å². The van der Waals surface area contributed by atoms with E-state index in [2.05, 4.69) is 10.6 Å². The smallest absolute Gasteiger partial charge is 0.355 e. The van der Waals surface area contributed by atoms with Gasteiger partial charge >= 0.3 is 6.18 Å². The minimum absolute atomic E-state index is 0.0970. The van der Waals surface area contributed by atoms with E-state index in [1.54, 1.807) is 6.07 Å². The van der Waals surface area contributed by atoms with Crippen molar-refractivity contribution in [1.82, 2.24) is 5.32 Å². The molecule has 0 spiro atoms. The van der Waals surface area contributed by atoms with Gasteiger partial charge in [-0.2, -0.15) is 13.2 Å².